The molecule has 0 aromatic rings. The molecular formula is C7H18N2O2S. The van der Waals surface area contributed by atoms with E-state index in [2.05, 4.69) is 0 Å². The second kappa shape index (κ2) is 5.50. The summed E-state index contributed by atoms with van der Waals surface area (Å²) in [6, 6.07) is 0. The van der Waals surface area contributed by atoms with Crippen molar-refractivity contribution < 1.29 is 8.42 Å². The lowest BCUT2D eigenvalue weighted by Crippen LogP contribution is -2.30. The fraction of sp³-hybridized carbons (Fsp3) is 1.00. The maximum Gasteiger partial charge on any atom is 0.211 e. The fourth-order valence-corrected chi connectivity index (χ4v) is 1.92. The third-order valence-electron chi connectivity index (χ3n) is 1.68. The highest BCUT2D eigenvalue weighted by Gasteiger charge is 2.12. The van der Waals surface area contributed by atoms with Crippen molar-refractivity contribution in [3.8, 4) is 0 Å². The van der Waals surface area contributed by atoms with Gasteiger partial charge in [-0.15, -0.1) is 0 Å². The third-order valence-corrected chi connectivity index (χ3v) is 3.06. The van der Waals surface area contributed by atoms with Crippen LogP contribution in [0.4, 0.5) is 0 Å². The van der Waals surface area contributed by atoms with Crippen molar-refractivity contribution in [3.05, 3.63) is 0 Å². The molecule has 2 N–H and O–H groups in total. The van der Waals surface area contributed by atoms with Crippen LogP contribution in [0.1, 0.15) is 19.8 Å². The first-order valence-electron chi connectivity index (χ1n) is 4.17. The summed E-state index contributed by atoms with van der Waals surface area (Å²) in [6.07, 6.45) is 2.96. The Balaban J connectivity index is 3.85. The van der Waals surface area contributed by atoms with E-state index in [4.69, 9.17) is 5.73 Å². The highest BCUT2D eigenvalue weighted by molar-refractivity contribution is 7.88. The summed E-state index contributed by atoms with van der Waals surface area (Å²) in [7, 11) is -3.00. The smallest absolute Gasteiger partial charge is 0.211 e. The first kappa shape index (κ1) is 11.9. The normalized spacial score (nSPS) is 12.3. The zero-order chi connectivity index (χ0) is 9.61. The number of nitrogens with zero attached hydrogens (tertiary/aromatic N) is 1. The molecule has 0 aromatic heterocycles. The van der Waals surface area contributed by atoms with E-state index in [1.54, 1.807) is 0 Å². The Labute approximate surface area is 74.8 Å². The van der Waals surface area contributed by atoms with Crippen LogP contribution >= 0.6 is 0 Å². The van der Waals surface area contributed by atoms with Crippen LogP contribution in [0.15, 0.2) is 0 Å². The first-order chi connectivity index (χ1) is 5.52. The number of sulfonamides is 1. The Hall–Kier alpha value is -0.130. The molecule has 0 saturated carbocycles. The van der Waals surface area contributed by atoms with Crippen LogP contribution in [0.5, 0.6) is 0 Å². The molecule has 0 aliphatic heterocycles. The topological polar surface area (TPSA) is 63.4 Å². The summed E-state index contributed by atoms with van der Waals surface area (Å²) < 4.78 is 23.6. The average molecular weight is 194 g/mol. The van der Waals surface area contributed by atoms with Crippen LogP contribution in [0, 0.1) is 0 Å². The van der Waals surface area contributed by atoms with Gasteiger partial charge in [0.15, 0.2) is 0 Å². The molecule has 0 unspecified atom stereocenters. The third kappa shape index (κ3) is 4.69. The maximum atomic E-state index is 11.1. The predicted octanol–water partition coefficient (Wildman–Crippen LogP) is 0.00680. The molecule has 0 aliphatic rings. The van der Waals surface area contributed by atoms with Gasteiger partial charge in [-0.25, -0.2) is 12.7 Å². The van der Waals surface area contributed by atoms with E-state index >= 15 is 0 Å². The first-order valence-corrected chi connectivity index (χ1v) is 6.02. The number of rotatable bonds is 6. The van der Waals surface area contributed by atoms with Gasteiger partial charge in [-0.05, 0) is 19.4 Å². The molecule has 0 radical (unpaired) electrons. The molecule has 4 nitrogen and oxygen atoms in total. The molecular weight excluding hydrogens is 176 g/mol. The van der Waals surface area contributed by atoms with Crippen molar-refractivity contribution in [1.29, 1.82) is 0 Å². The van der Waals surface area contributed by atoms with Crippen molar-refractivity contribution in [2.24, 2.45) is 5.73 Å². The molecule has 0 aliphatic carbocycles. The Morgan fingerprint density at radius 2 is 1.92 bits per heavy atom. The molecule has 0 heterocycles. The van der Waals surface area contributed by atoms with E-state index in [1.165, 1.54) is 10.6 Å². The molecule has 0 atom stereocenters. The standard InChI is InChI=1S/C7H18N2O2S/c1-3-9(12(2,10)11)7-5-4-6-8/h3-8H2,1-2H3. The van der Waals surface area contributed by atoms with E-state index in [0.717, 1.165) is 12.8 Å². The van der Waals surface area contributed by atoms with E-state index in [0.29, 0.717) is 19.6 Å². The van der Waals surface area contributed by atoms with Gasteiger partial charge in [0.05, 0.1) is 6.26 Å². The molecule has 0 spiro atoms. The van der Waals surface area contributed by atoms with Gasteiger partial charge >= 0.3 is 0 Å². The van der Waals surface area contributed by atoms with Crippen LogP contribution in [-0.2, 0) is 10.0 Å². The summed E-state index contributed by atoms with van der Waals surface area (Å²) in [6.45, 7) is 3.60. The summed E-state index contributed by atoms with van der Waals surface area (Å²) in [4.78, 5) is 0. The van der Waals surface area contributed by atoms with E-state index < -0.39 is 10.0 Å². The summed E-state index contributed by atoms with van der Waals surface area (Å²) in [5, 5.41) is 0. The van der Waals surface area contributed by atoms with Gasteiger partial charge in [-0.1, -0.05) is 6.92 Å². The van der Waals surface area contributed by atoms with Gasteiger partial charge in [0.1, 0.15) is 0 Å². The van der Waals surface area contributed by atoms with E-state index in [9.17, 15) is 8.42 Å². The van der Waals surface area contributed by atoms with Crippen molar-refractivity contribution in [1.82, 2.24) is 4.31 Å². The zero-order valence-electron chi connectivity index (χ0n) is 7.78. The lowest BCUT2D eigenvalue weighted by Gasteiger charge is -2.16. The number of hydrogen-bond donors (Lipinski definition) is 1. The van der Waals surface area contributed by atoms with Gasteiger partial charge in [0.25, 0.3) is 0 Å². The molecule has 0 saturated heterocycles. The molecule has 0 bridgehead atoms. The largest absolute Gasteiger partial charge is 0.330 e. The van der Waals surface area contributed by atoms with Crippen LogP contribution in [0.2, 0.25) is 0 Å². The summed E-state index contributed by atoms with van der Waals surface area (Å²) in [5.41, 5.74) is 5.30. The van der Waals surface area contributed by atoms with Gasteiger partial charge in [0.2, 0.25) is 10.0 Å². The zero-order valence-corrected chi connectivity index (χ0v) is 8.60. The van der Waals surface area contributed by atoms with E-state index in [1.807, 2.05) is 6.92 Å². The number of nitrogens with two attached hydrogens (primary N) is 1. The van der Waals surface area contributed by atoms with Crippen molar-refractivity contribution in [2.75, 3.05) is 25.9 Å². The molecule has 5 heteroatoms. The minimum absolute atomic E-state index is 0.545. The van der Waals surface area contributed by atoms with Crippen LogP contribution in [0.25, 0.3) is 0 Å². The van der Waals surface area contributed by atoms with E-state index in [-0.39, 0.29) is 0 Å². The maximum absolute atomic E-state index is 11.1. The van der Waals surface area contributed by atoms with Crippen LogP contribution in [-0.4, -0.2) is 38.6 Å². The number of unbranched alkanes of at least 4 members (excludes halogenated alkanes) is 1. The van der Waals surface area contributed by atoms with Crippen molar-refractivity contribution in [2.45, 2.75) is 19.8 Å². The SMILES string of the molecule is CCN(CCCCN)S(C)(=O)=O. The van der Waals surface area contributed by atoms with Gasteiger partial charge in [0, 0.05) is 13.1 Å². The fourth-order valence-electron chi connectivity index (χ4n) is 0.991. The molecule has 0 fully saturated rings. The van der Waals surface area contributed by atoms with Gasteiger partial charge in [-0.3, -0.25) is 0 Å². The second-order valence-electron chi connectivity index (χ2n) is 2.75. The highest BCUT2D eigenvalue weighted by Crippen LogP contribution is 1.99. The Morgan fingerprint density at radius 3 is 2.25 bits per heavy atom. The van der Waals surface area contributed by atoms with Gasteiger partial charge < -0.3 is 5.73 Å². The minimum atomic E-state index is -3.00. The summed E-state index contributed by atoms with van der Waals surface area (Å²) >= 11 is 0. The Kier molecular flexibility index (Phi) is 5.44. The quantitative estimate of drug-likeness (QED) is 0.606. The number of hydrogen-bond acceptors (Lipinski definition) is 3. The van der Waals surface area contributed by atoms with Crippen LogP contribution in [0.3, 0.4) is 0 Å². The molecule has 12 heavy (non-hydrogen) atoms. The highest BCUT2D eigenvalue weighted by atomic mass is 32.2. The predicted molar refractivity (Wildman–Crippen MR) is 50.4 cm³/mol. The summed E-state index contributed by atoms with van der Waals surface area (Å²) in [5.74, 6) is 0. The van der Waals surface area contributed by atoms with Crippen molar-refractivity contribution in [3.63, 3.8) is 0 Å². The molecule has 0 aromatic carbocycles. The lowest BCUT2D eigenvalue weighted by atomic mass is 10.3. The molecule has 74 valence electrons. The van der Waals surface area contributed by atoms with Crippen molar-refractivity contribution >= 4 is 10.0 Å². The lowest BCUT2D eigenvalue weighted by molar-refractivity contribution is 0.420. The van der Waals surface area contributed by atoms with Gasteiger partial charge in [-0.2, -0.15) is 0 Å². The second-order valence-corrected chi connectivity index (χ2v) is 4.73. The minimum Gasteiger partial charge on any atom is -0.330 e. The molecule has 0 amide bonds. The molecule has 0 rings (SSSR count). The Bertz CT molecular complexity index is 201. The monoisotopic (exact) mass is 194 g/mol. The van der Waals surface area contributed by atoms with Crippen LogP contribution < -0.4 is 5.73 Å². The average Bonchev–Trinajstić information content (AvgIpc) is 1.95. The Morgan fingerprint density at radius 1 is 1.33 bits per heavy atom.